The average Bonchev–Trinajstić information content (AvgIpc) is 2.03. The van der Waals surface area contributed by atoms with Crippen molar-refractivity contribution in [1.82, 2.24) is 0 Å². The van der Waals surface area contributed by atoms with Crippen molar-refractivity contribution in [2.45, 2.75) is 17.7 Å². The number of hydrogen-bond donors (Lipinski definition) is 1. The van der Waals surface area contributed by atoms with Crippen LogP contribution in [0.15, 0.2) is 23.6 Å². The molecule has 2 heteroatoms. The molecule has 0 saturated heterocycles. The molecule has 0 amide bonds. The number of benzene rings is 1. The molecule has 1 rings (SSSR count). The fourth-order valence-electron chi connectivity index (χ4n) is 1.20. The smallest absolute Gasteiger partial charge is 0.0480 e. The number of rotatable bonds is 2. The molecule has 1 aromatic rings. The van der Waals surface area contributed by atoms with Crippen LogP contribution < -0.4 is 0 Å². The van der Waals surface area contributed by atoms with Gasteiger partial charge in [0, 0.05) is 10.8 Å². The van der Waals surface area contributed by atoms with Gasteiger partial charge < -0.3 is 0 Å². The van der Waals surface area contributed by atoms with E-state index in [1.165, 1.54) is 5.56 Å². The Morgan fingerprint density at radius 1 is 1.58 bits per heavy atom. The van der Waals surface area contributed by atoms with E-state index in [-0.39, 0.29) is 0 Å². The molecule has 0 aliphatic rings. The van der Waals surface area contributed by atoms with E-state index in [0.29, 0.717) is 5.88 Å². The molecule has 0 nitrogen and oxygen atoms in total. The van der Waals surface area contributed by atoms with Crippen LogP contribution in [-0.2, 0) is 5.88 Å². The van der Waals surface area contributed by atoms with Gasteiger partial charge in [0.1, 0.15) is 0 Å². The van der Waals surface area contributed by atoms with E-state index in [0.717, 1.165) is 16.0 Å². The molecular weight excluding hydrogens is 188 g/mol. The van der Waals surface area contributed by atoms with Gasteiger partial charge in [0.15, 0.2) is 0 Å². The first-order valence-electron chi connectivity index (χ1n) is 3.70. The van der Waals surface area contributed by atoms with Crippen molar-refractivity contribution in [3.8, 4) is 0 Å². The van der Waals surface area contributed by atoms with Gasteiger partial charge in [-0.05, 0) is 29.7 Å². The second-order valence-electron chi connectivity index (χ2n) is 2.69. The fourth-order valence-corrected chi connectivity index (χ4v) is 1.86. The first-order valence-corrected chi connectivity index (χ1v) is 4.68. The molecule has 0 bridgehead atoms. The van der Waals surface area contributed by atoms with Crippen molar-refractivity contribution in [3.05, 3.63) is 35.4 Å². The van der Waals surface area contributed by atoms with Crippen molar-refractivity contribution in [2.24, 2.45) is 0 Å². The summed E-state index contributed by atoms with van der Waals surface area (Å²) in [5.41, 5.74) is 3.32. The summed E-state index contributed by atoms with van der Waals surface area (Å²) in [6.45, 7) is 5.75. The first-order chi connectivity index (χ1) is 5.69. The van der Waals surface area contributed by atoms with Gasteiger partial charge in [-0.3, -0.25) is 0 Å². The van der Waals surface area contributed by atoms with E-state index in [9.17, 15) is 0 Å². The van der Waals surface area contributed by atoms with Gasteiger partial charge in [0.05, 0.1) is 0 Å². The van der Waals surface area contributed by atoms with Crippen molar-refractivity contribution in [3.63, 3.8) is 0 Å². The molecule has 0 fully saturated rings. The summed E-state index contributed by atoms with van der Waals surface area (Å²) in [7, 11) is 0. The number of alkyl halides is 1. The molecular formula is C10H11ClS. The molecule has 0 aliphatic carbocycles. The van der Waals surface area contributed by atoms with E-state index in [1.807, 2.05) is 13.0 Å². The molecule has 0 unspecified atom stereocenters. The molecule has 0 aliphatic heterocycles. The minimum Gasteiger partial charge on any atom is -0.143 e. The van der Waals surface area contributed by atoms with Crippen LogP contribution in [0.1, 0.15) is 16.7 Å². The Morgan fingerprint density at radius 2 is 2.25 bits per heavy atom. The molecule has 12 heavy (non-hydrogen) atoms. The molecule has 0 aromatic heterocycles. The second-order valence-corrected chi connectivity index (χ2v) is 3.44. The Kier molecular flexibility index (Phi) is 3.24. The topological polar surface area (TPSA) is 0 Å². The van der Waals surface area contributed by atoms with Gasteiger partial charge in [-0.25, -0.2) is 0 Å². The van der Waals surface area contributed by atoms with Gasteiger partial charge in [0.25, 0.3) is 0 Å². The Morgan fingerprint density at radius 3 is 2.75 bits per heavy atom. The van der Waals surface area contributed by atoms with Crippen LogP contribution in [0.25, 0.3) is 6.08 Å². The number of thiol groups is 1. The van der Waals surface area contributed by atoms with E-state index in [2.05, 4.69) is 25.3 Å². The Bertz CT molecular complexity index is 305. The Hall–Kier alpha value is -0.400. The molecule has 0 N–H and O–H groups in total. The highest BCUT2D eigenvalue weighted by Crippen LogP contribution is 2.23. The lowest BCUT2D eigenvalue weighted by molar-refractivity contribution is 1.25. The molecule has 0 heterocycles. The lowest BCUT2D eigenvalue weighted by Gasteiger charge is -2.06. The maximum Gasteiger partial charge on any atom is 0.0480 e. The van der Waals surface area contributed by atoms with Crippen molar-refractivity contribution < 1.29 is 0 Å². The lowest BCUT2D eigenvalue weighted by Crippen LogP contribution is -1.88. The standard InChI is InChI=1S/C10H11ClS/c1-3-9-8(6-11)4-7(2)5-10(9)12/h3-5,12H,1,6H2,2H3. The van der Waals surface area contributed by atoms with Gasteiger partial charge in [-0.1, -0.05) is 18.7 Å². The first kappa shape index (κ1) is 9.69. The summed E-state index contributed by atoms with van der Waals surface area (Å²) < 4.78 is 0. The number of aryl methyl sites for hydroxylation is 1. The number of hydrogen-bond acceptors (Lipinski definition) is 1. The van der Waals surface area contributed by atoms with Crippen LogP contribution >= 0.6 is 24.2 Å². The second kappa shape index (κ2) is 4.01. The quantitative estimate of drug-likeness (QED) is 0.544. The van der Waals surface area contributed by atoms with Crippen LogP contribution in [0.4, 0.5) is 0 Å². The third-order valence-corrected chi connectivity index (χ3v) is 2.39. The third kappa shape index (κ3) is 1.85. The van der Waals surface area contributed by atoms with Crippen molar-refractivity contribution in [2.75, 3.05) is 0 Å². The van der Waals surface area contributed by atoms with Crippen LogP contribution in [0.5, 0.6) is 0 Å². The maximum atomic E-state index is 5.77. The van der Waals surface area contributed by atoms with Crippen molar-refractivity contribution >= 4 is 30.3 Å². The largest absolute Gasteiger partial charge is 0.143 e. The monoisotopic (exact) mass is 198 g/mol. The summed E-state index contributed by atoms with van der Waals surface area (Å²) in [6, 6.07) is 4.07. The Labute approximate surface area is 83.7 Å². The van der Waals surface area contributed by atoms with Crippen LogP contribution in [0.3, 0.4) is 0 Å². The summed E-state index contributed by atoms with van der Waals surface area (Å²) in [5, 5.41) is 0. The van der Waals surface area contributed by atoms with Crippen LogP contribution in [0, 0.1) is 6.92 Å². The summed E-state index contributed by atoms with van der Waals surface area (Å²) in [5.74, 6) is 0.511. The van der Waals surface area contributed by atoms with Crippen molar-refractivity contribution in [1.29, 1.82) is 0 Å². The average molecular weight is 199 g/mol. The molecule has 0 radical (unpaired) electrons. The zero-order valence-corrected chi connectivity index (χ0v) is 8.62. The van der Waals surface area contributed by atoms with Gasteiger partial charge in [-0.15, -0.1) is 24.2 Å². The van der Waals surface area contributed by atoms with E-state index >= 15 is 0 Å². The SMILES string of the molecule is C=Cc1c(S)cc(C)cc1CCl. The molecule has 64 valence electrons. The molecule has 0 atom stereocenters. The minimum absolute atomic E-state index is 0.511. The predicted octanol–water partition coefficient (Wildman–Crippen LogP) is 3.67. The highest BCUT2D eigenvalue weighted by molar-refractivity contribution is 7.80. The van der Waals surface area contributed by atoms with E-state index < -0.39 is 0 Å². The minimum atomic E-state index is 0.511. The van der Waals surface area contributed by atoms with Crippen LogP contribution in [-0.4, -0.2) is 0 Å². The highest BCUT2D eigenvalue weighted by Gasteiger charge is 2.02. The zero-order chi connectivity index (χ0) is 9.14. The Balaban J connectivity index is 3.33. The van der Waals surface area contributed by atoms with E-state index in [1.54, 1.807) is 6.08 Å². The third-order valence-electron chi connectivity index (χ3n) is 1.74. The summed E-state index contributed by atoms with van der Waals surface area (Å²) in [4.78, 5) is 0.945. The van der Waals surface area contributed by atoms with Gasteiger partial charge in [-0.2, -0.15) is 0 Å². The van der Waals surface area contributed by atoms with Gasteiger partial charge in [0.2, 0.25) is 0 Å². The van der Waals surface area contributed by atoms with E-state index in [4.69, 9.17) is 11.6 Å². The summed E-state index contributed by atoms with van der Waals surface area (Å²) >= 11 is 10.1. The molecule has 1 aromatic carbocycles. The highest BCUT2D eigenvalue weighted by atomic mass is 35.5. The van der Waals surface area contributed by atoms with Crippen LogP contribution in [0.2, 0.25) is 0 Å². The predicted molar refractivity (Wildman–Crippen MR) is 58.1 cm³/mol. The molecule has 0 spiro atoms. The maximum absolute atomic E-state index is 5.77. The normalized spacial score (nSPS) is 9.92. The fraction of sp³-hybridized carbons (Fsp3) is 0.200. The zero-order valence-electron chi connectivity index (χ0n) is 6.97. The lowest BCUT2D eigenvalue weighted by atomic mass is 10.1. The summed E-state index contributed by atoms with van der Waals surface area (Å²) in [6.07, 6.45) is 1.79. The molecule has 0 saturated carbocycles. The number of halogens is 1. The van der Waals surface area contributed by atoms with Gasteiger partial charge >= 0.3 is 0 Å².